The van der Waals surface area contributed by atoms with Crippen molar-refractivity contribution in [3.8, 4) is 11.6 Å². The van der Waals surface area contributed by atoms with Crippen LogP contribution in [-0.2, 0) is 4.79 Å². The highest BCUT2D eigenvalue weighted by molar-refractivity contribution is 6.42. The first-order valence-electron chi connectivity index (χ1n) is 9.66. The molecule has 0 radical (unpaired) electrons. The van der Waals surface area contributed by atoms with Gasteiger partial charge in [0, 0.05) is 11.9 Å². The second kappa shape index (κ2) is 8.14. The van der Waals surface area contributed by atoms with Gasteiger partial charge in [-0.25, -0.2) is 4.68 Å². The van der Waals surface area contributed by atoms with Crippen LogP contribution in [0.15, 0.2) is 76.8 Å². The molecule has 10 heteroatoms. The molecule has 0 spiro atoms. The van der Waals surface area contributed by atoms with Crippen LogP contribution in [0.2, 0.25) is 10.0 Å². The highest BCUT2D eigenvalue weighted by atomic mass is 35.5. The summed E-state index contributed by atoms with van der Waals surface area (Å²) >= 11 is 12.4. The first-order chi connectivity index (χ1) is 15.5. The third-order valence-electron chi connectivity index (χ3n) is 5.02. The Morgan fingerprint density at radius 3 is 2.78 bits per heavy atom. The van der Waals surface area contributed by atoms with Gasteiger partial charge in [0.05, 0.1) is 33.8 Å². The molecular formula is C22H16Cl2N6O2. The third kappa shape index (κ3) is 3.63. The summed E-state index contributed by atoms with van der Waals surface area (Å²) in [7, 11) is 0. The predicted octanol–water partition coefficient (Wildman–Crippen LogP) is 5.17. The zero-order valence-corrected chi connectivity index (χ0v) is 18.2. The average molecular weight is 467 g/mol. The van der Waals surface area contributed by atoms with Crippen LogP contribution < -0.4 is 10.6 Å². The molecule has 1 atom stereocenters. The molecule has 2 N–H and O–H groups in total. The van der Waals surface area contributed by atoms with E-state index in [-0.39, 0.29) is 5.91 Å². The second-order valence-electron chi connectivity index (χ2n) is 7.12. The average Bonchev–Trinajstić information content (AvgIpc) is 3.45. The molecular weight excluding hydrogens is 451 g/mol. The Bertz CT molecular complexity index is 1330. The molecule has 3 aromatic heterocycles. The van der Waals surface area contributed by atoms with Crippen LogP contribution >= 0.6 is 23.2 Å². The minimum atomic E-state index is -0.603. The smallest absolute Gasteiger partial charge is 0.255 e. The topological polar surface area (TPSA) is 97.9 Å². The molecule has 1 unspecified atom stereocenters. The first-order valence-corrected chi connectivity index (χ1v) is 10.4. The van der Waals surface area contributed by atoms with Gasteiger partial charge in [-0.05, 0) is 48.9 Å². The van der Waals surface area contributed by atoms with E-state index in [1.54, 1.807) is 59.7 Å². The number of carbonyl (C=O) groups excluding carboxylic acids is 1. The normalized spacial score (nSPS) is 15.3. The number of amides is 1. The van der Waals surface area contributed by atoms with Crippen LogP contribution in [0.5, 0.6) is 0 Å². The van der Waals surface area contributed by atoms with E-state index in [2.05, 4.69) is 25.7 Å². The lowest BCUT2D eigenvalue weighted by molar-refractivity contribution is -0.113. The van der Waals surface area contributed by atoms with E-state index in [4.69, 9.17) is 27.6 Å². The third-order valence-corrected chi connectivity index (χ3v) is 5.76. The van der Waals surface area contributed by atoms with Crippen LogP contribution in [0.1, 0.15) is 18.5 Å². The summed E-state index contributed by atoms with van der Waals surface area (Å²) in [6, 6.07) is 11.7. The molecule has 0 saturated carbocycles. The summed E-state index contributed by atoms with van der Waals surface area (Å²) in [5, 5.41) is 11.5. The van der Waals surface area contributed by atoms with Crippen molar-refractivity contribution in [2.75, 3.05) is 10.6 Å². The van der Waals surface area contributed by atoms with Gasteiger partial charge < -0.3 is 15.1 Å². The van der Waals surface area contributed by atoms with Crippen molar-refractivity contribution in [3.63, 3.8) is 0 Å². The quantitative estimate of drug-likeness (QED) is 0.430. The van der Waals surface area contributed by atoms with Crippen LogP contribution in [0.25, 0.3) is 11.6 Å². The lowest BCUT2D eigenvalue weighted by atomic mass is 9.95. The van der Waals surface area contributed by atoms with Gasteiger partial charge in [0.2, 0.25) is 11.8 Å². The number of nitrogens with zero attached hydrogens (tertiary/aromatic N) is 4. The fraction of sp³-hybridized carbons (Fsp3) is 0.0909. The largest absolute Gasteiger partial charge is 0.461 e. The van der Waals surface area contributed by atoms with E-state index < -0.39 is 6.04 Å². The van der Waals surface area contributed by atoms with Gasteiger partial charge in [-0.3, -0.25) is 9.78 Å². The number of hydrogen-bond donors (Lipinski definition) is 2. The molecule has 1 aliphatic heterocycles. The van der Waals surface area contributed by atoms with Gasteiger partial charge in [0.25, 0.3) is 5.91 Å². The van der Waals surface area contributed by atoms with Crippen molar-refractivity contribution in [2.24, 2.45) is 0 Å². The zero-order valence-electron chi connectivity index (χ0n) is 16.7. The first kappa shape index (κ1) is 20.3. The number of anilines is 2. The Balaban J connectivity index is 1.63. The Labute approximate surface area is 192 Å². The van der Waals surface area contributed by atoms with Crippen LogP contribution in [0, 0.1) is 0 Å². The molecule has 32 heavy (non-hydrogen) atoms. The highest BCUT2D eigenvalue weighted by Gasteiger charge is 2.35. The summed E-state index contributed by atoms with van der Waals surface area (Å²) < 4.78 is 7.09. The van der Waals surface area contributed by atoms with Crippen molar-refractivity contribution in [3.05, 3.63) is 88.0 Å². The van der Waals surface area contributed by atoms with Gasteiger partial charge in [-0.15, -0.1) is 5.10 Å². The maximum Gasteiger partial charge on any atom is 0.255 e. The molecule has 1 amide bonds. The molecule has 0 bridgehead atoms. The zero-order chi connectivity index (χ0) is 22.2. The summed E-state index contributed by atoms with van der Waals surface area (Å²) in [5.41, 5.74) is 2.39. The van der Waals surface area contributed by atoms with Gasteiger partial charge in [0.1, 0.15) is 6.04 Å². The summed E-state index contributed by atoms with van der Waals surface area (Å²) in [4.78, 5) is 22.0. The number of benzene rings is 1. The maximum absolute atomic E-state index is 13.4. The number of allylic oxidation sites excluding steroid dienone is 1. The molecule has 0 aliphatic carbocycles. The highest BCUT2D eigenvalue weighted by Crippen LogP contribution is 2.38. The molecule has 8 nitrogen and oxygen atoms in total. The van der Waals surface area contributed by atoms with Crippen molar-refractivity contribution in [1.29, 1.82) is 0 Å². The maximum atomic E-state index is 13.4. The minimum absolute atomic E-state index is 0.306. The molecule has 4 heterocycles. The fourth-order valence-electron chi connectivity index (χ4n) is 3.58. The summed E-state index contributed by atoms with van der Waals surface area (Å²) in [6.07, 6.45) is 4.77. The van der Waals surface area contributed by atoms with E-state index in [0.29, 0.717) is 44.5 Å². The van der Waals surface area contributed by atoms with E-state index >= 15 is 0 Å². The number of aromatic nitrogens is 4. The number of pyridine rings is 1. The van der Waals surface area contributed by atoms with Gasteiger partial charge in [0.15, 0.2) is 5.76 Å². The number of carbonyl (C=O) groups is 1. The molecule has 1 aromatic carbocycles. The lowest BCUT2D eigenvalue weighted by Gasteiger charge is -2.28. The molecule has 160 valence electrons. The number of furan rings is 1. The fourth-order valence-corrected chi connectivity index (χ4v) is 3.89. The number of nitrogens with one attached hydrogen (secondary N) is 2. The minimum Gasteiger partial charge on any atom is -0.461 e. The van der Waals surface area contributed by atoms with E-state index in [0.717, 1.165) is 5.56 Å². The standard InChI is InChI=1S/C22H16Cl2N6O2/c1-12-18(21(31)27-14-4-2-8-25-11-14)19(13-6-7-15(23)16(24)10-13)30-22(26-12)28-20(29-30)17-5-3-9-32-17/h2-11,19H,1H3,(H,27,31)(H,26,28,29). The van der Waals surface area contributed by atoms with Crippen LogP contribution in [-0.4, -0.2) is 25.7 Å². The summed E-state index contributed by atoms with van der Waals surface area (Å²) in [5.74, 6) is 1.08. The van der Waals surface area contributed by atoms with Gasteiger partial charge in [-0.2, -0.15) is 4.98 Å². The molecule has 5 rings (SSSR count). The lowest BCUT2D eigenvalue weighted by Crippen LogP contribution is -2.31. The van der Waals surface area contributed by atoms with Crippen molar-refractivity contribution in [2.45, 2.75) is 13.0 Å². The van der Waals surface area contributed by atoms with Crippen molar-refractivity contribution < 1.29 is 9.21 Å². The second-order valence-corrected chi connectivity index (χ2v) is 7.93. The number of fused-ring (bicyclic) bond motifs is 1. The Morgan fingerprint density at radius 1 is 1.19 bits per heavy atom. The SMILES string of the molecule is CC1=C(C(=O)Nc2cccnc2)C(c2ccc(Cl)c(Cl)c2)n2nc(-c3ccco3)nc2N1. The molecule has 0 saturated heterocycles. The van der Waals surface area contributed by atoms with Crippen LogP contribution in [0.4, 0.5) is 11.6 Å². The van der Waals surface area contributed by atoms with Crippen molar-refractivity contribution >= 4 is 40.7 Å². The Hall–Kier alpha value is -3.62. The number of hydrogen-bond acceptors (Lipinski definition) is 6. The monoisotopic (exact) mass is 466 g/mol. The molecule has 0 fully saturated rings. The van der Waals surface area contributed by atoms with Gasteiger partial charge >= 0.3 is 0 Å². The van der Waals surface area contributed by atoms with E-state index in [9.17, 15) is 4.79 Å². The van der Waals surface area contributed by atoms with E-state index in [1.165, 1.54) is 0 Å². The van der Waals surface area contributed by atoms with E-state index in [1.807, 2.05) is 13.0 Å². The van der Waals surface area contributed by atoms with Gasteiger partial charge in [-0.1, -0.05) is 29.3 Å². The number of halogens is 2. The Morgan fingerprint density at radius 2 is 2.06 bits per heavy atom. The summed E-state index contributed by atoms with van der Waals surface area (Å²) in [6.45, 7) is 1.81. The number of rotatable bonds is 4. The Kier molecular flexibility index (Phi) is 5.16. The predicted molar refractivity (Wildman–Crippen MR) is 122 cm³/mol. The molecule has 1 aliphatic rings. The molecule has 4 aromatic rings. The van der Waals surface area contributed by atoms with Crippen LogP contribution in [0.3, 0.4) is 0 Å². The van der Waals surface area contributed by atoms with Crippen molar-refractivity contribution in [1.82, 2.24) is 19.7 Å².